The number of aromatic amines is 1. The number of rotatable bonds is 7. The quantitative estimate of drug-likeness (QED) is 0.369. The fraction of sp³-hybridized carbons (Fsp3) is 0.263. The maximum Gasteiger partial charge on any atom is 0.226 e. The molecule has 0 saturated heterocycles. The maximum absolute atomic E-state index is 5.89. The number of nitrogens with one attached hydrogen (secondary N) is 1. The van der Waals surface area contributed by atoms with Gasteiger partial charge < -0.3 is 18.9 Å². The zero-order chi connectivity index (χ0) is 19.5. The van der Waals surface area contributed by atoms with E-state index in [0.717, 1.165) is 27.6 Å². The number of H-pyrrole nitrogens is 1. The number of oxazole rings is 1. The third-order valence-electron chi connectivity index (χ3n) is 4.14. The minimum atomic E-state index is 0.545. The van der Waals surface area contributed by atoms with Crippen LogP contribution in [-0.4, -0.2) is 38.6 Å². The van der Waals surface area contributed by atoms with Crippen molar-refractivity contribution >= 4 is 22.9 Å². The highest BCUT2D eigenvalue weighted by Crippen LogP contribution is 2.34. The molecule has 144 valence electrons. The van der Waals surface area contributed by atoms with Gasteiger partial charge in [-0.25, -0.2) is 19.9 Å². The summed E-state index contributed by atoms with van der Waals surface area (Å²) in [5.41, 5.74) is 3.17. The van der Waals surface area contributed by atoms with Crippen LogP contribution in [0.4, 0.5) is 0 Å². The molecule has 3 heterocycles. The van der Waals surface area contributed by atoms with Crippen molar-refractivity contribution in [3.63, 3.8) is 0 Å². The molecule has 0 aliphatic heterocycles. The first-order valence-electron chi connectivity index (χ1n) is 8.74. The van der Waals surface area contributed by atoms with E-state index < -0.39 is 0 Å². The summed E-state index contributed by atoms with van der Waals surface area (Å²) in [4.78, 5) is 20.4. The Morgan fingerprint density at radius 2 is 2.07 bits per heavy atom. The molecule has 4 rings (SSSR count). The fourth-order valence-corrected chi connectivity index (χ4v) is 3.71. The van der Waals surface area contributed by atoms with Crippen LogP contribution in [0.1, 0.15) is 18.4 Å². The monoisotopic (exact) mass is 397 g/mol. The second kappa shape index (κ2) is 7.89. The van der Waals surface area contributed by atoms with Crippen molar-refractivity contribution in [1.82, 2.24) is 24.9 Å². The minimum absolute atomic E-state index is 0.545. The molecule has 0 saturated carbocycles. The number of benzene rings is 1. The summed E-state index contributed by atoms with van der Waals surface area (Å²) in [6.45, 7) is 4.41. The largest absolute Gasteiger partial charge is 0.493 e. The van der Waals surface area contributed by atoms with E-state index in [4.69, 9.17) is 13.9 Å². The molecule has 1 aromatic carbocycles. The van der Waals surface area contributed by atoms with Crippen molar-refractivity contribution in [3.05, 3.63) is 42.3 Å². The Morgan fingerprint density at radius 3 is 2.89 bits per heavy atom. The van der Waals surface area contributed by atoms with Gasteiger partial charge in [-0.3, -0.25) is 0 Å². The first kappa shape index (κ1) is 18.3. The van der Waals surface area contributed by atoms with Crippen molar-refractivity contribution in [1.29, 1.82) is 0 Å². The van der Waals surface area contributed by atoms with E-state index in [0.29, 0.717) is 35.4 Å². The van der Waals surface area contributed by atoms with Gasteiger partial charge in [0.05, 0.1) is 25.7 Å². The van der Waals surface area contributed by atoms with E-state index in [1.54, 1.807) is 25.2 Å². The van der Waals surface area contributed by atoms with Crippen LogP contribution in [0.2, 0.25) is 0 Å². The van der Waals surface area contributed by atoms with Gasteiger partial charge in [0.2, 0.25) is 5.89 Å². The number of aromatic nitrogens is 5. The Balaban J connectivity index is 1.56. The number of thioether (sulfide) groups is 1. The minimum Gasteiger partial charge on any atom is -0.493 e. The van der Waals surface area contributed by atoms with Crippen LogP contribution in [0.5, 0.6) is 11.5 Å². The summed E-state index contributed by atoms with van der Waals surface area (Å²) in [6.07, 6.45) is 3.13. The number of nitrogens with zero attached hydrogens (tertiary/aromatic N) is 4. The van der Waals surface area contributed by atoms with Gasteiger partial charge in [-0.05, 0) is 32.0 Å². The van der Waals surface area contributed by atoms with E-state index in [1.807, 2.05) is 32.0 Å². The van der Waals surface area contributed by atoms with Crippen molar-refractivity contribution in [3.8, 4) is 23.0 Å². The zero-order valence-electron chi connectivity index (χ0n) is 15.7. The smallest absolute Gasteiger partial charge is 0.226 e. The van der Waals surface area contributed by atoms with Gasteiger partial charge in [-0.1, -0.05) is 11.8 Å². The second-order valence-corrected chi connectivity index (χ2v) is 6.85. The van der Waals surface area contributed by atoms with Crippen molar-refractivity contribution in [2.24, 2.45) is 0 Å². The molecule has 8 nitrogen and oxygen atoms in total. The molecule has 0 bridgehead atoms. The first-order valence-corrected chi connectivity index (χ1v) is 9.72. The Hall–Kier alpha value is -3.07. The number of imidazole rings is 1. The van der Waals surface area contributed by atoms with Crippen LogP contribution in [0.3, 0.4) is 0 Å². The van der Waals surface area contributed by atoms with Crippen molar-refractivity contribution in [2.45, 2.75) is 24.6 Å². The third kappa shape index (κ3) is 3.53. The molecular weight excluding hydrogens is 378 g/mol. The SMILES string of the molecule is CCOc1ccc(-c2nc(CSc3ncnc4nc[nH]c34)c(C)o2)cc1OC. The van der Waals surface area contributed by atoms with E-state index in [1.165, 1.54) is 6.33 Å². The molecule has 9 heteroatoms. The standard InChI is InChI=1S/C19H19N5O3S/c1-4-26-14-6-5-12(7-15(14)25-3)18-24-13(11(2)27-18)8-28-19-16-17(21-9-20-16)22-10-23-19/h5-7,9-10H,4,8H2,1-3H3,(H,20,21,22,23). The highest BCUT2D eigenvalue weighted by molar-refractivity contribution is 7.98. The molecule has 0 amide bonds. The van der Waals surface area contributed by atoms with Crippen LogP contribution >= 0.6 is 11.8 Å². The highest BCUT2D eigenvalue weighted by Gasteiger charge is 2.15. The first-order chi connectivity index (χ1) is 13.7. The number of ether oxygens (including phenoxy) is 2. The van der Waals surface area contributed by atoms with Gasteiger partial charge in [0, 0.05) is 11.3 Å². The van der Waals surface area contributed by atoms with E-state index >= 15 is 0 Å². The van der Waals surface area contributed by atoms with Crippen LogP contribution < -0.4 is 9.47 Å². The van der Waals surface area contributed by atoms with Crippen LogP contribution in [0.25, 0.3) is 22.6 Å². The normalized spacial score (nSPS) is 11.1. The molecule has 4 aromatic rings. The summed E-state index contributed by atoms with van der Waals surface area (Å²) in [5, 5.41) is 0.828. The molecule has 0 fully saturated rings. The lowest BCUT2D eigenvalue weighted by Gasteiger charge is -2.09. The average molecular weight is 397 g/mol. The number of hydrogen-bond donors (Lipinski definition) is 1. The lowest BCUT2D eigenvalue weighted by atomic mass is 10.2. The Labute approximate surface area is 165 Å². The lowest BCUT2D eigenvalue weighted by Crippen LogP contribution is -1.95. The summed E-state index contributed by atoms with van der Waals surface area (Å²) < 4.78 is 16.9. The predicted octanol–water partition coefficient (Wildman–Crippen LogP) is 4.02. The van der Waals surface area contributed by atoms with E-state index in [9.17, 15) is 0 Å². The van der Waals surface area contributed by atoms with Crippen LogP contribution in [0, 0.1) is 6.92 Å². The Kier molecular flexibility index (Phi) is 5.16. The molecule has 0 atom stereocenters. The lowest BCUT2D eigenvalue weighted by molar-refractivity contribution is 0.311. The molecule has 0 radical (unpaired) electrons. The van der Waals surface area contributed by atoms with Crippen LogP contribution in [-0.2, 0) is 5.75 Å². The van der Waals surface area contributed by atoms with E-state index in [-0.39, 0.29) is 0 Å². The maximum atomic E-state index is 5.89. The second-order valence-electron chi connectivity index (χ2n) is 5.89. The molecule has 0 aliphatic rings. The molecule has 1 N–H and O–H groups in total. The number of methoxy groups -OCH3 is 1. The third-order valence-corrected chi connectivity index (χ3v) is 5.14. The molecule has 0 unspecified atom stereocenters. The fourth-order valence-electron chi connectivity index (χ4n) is 2.75. The molecule has 0 spiro atoms. The molecular formula is C19H19N5O3S. The van der Waals surface area contributed by atoms with Gasteiger partial charge >= 0.3 is 0 Å². The number of aryl methyl sites for hydroxylation is 1. The average Bonchev–Trinajstić information content (AvgIpc) is 3.33. The van der Waals surface area contributed by atoms with Crippen molar-refractivity contribution in [2.75, 3.05) is 13.7 Å². The summed E-state index contributed by atoms with van der Waals surface area (Å²) in [5.74, 6) is 3.28. The highest BCUT2D eigenvalue weighted by atomic mass is 32.2. The van der Waals surface area contributed by atoms with Gasteiger partial charge in [0.1, 0.15) is 22.6 Å². The molecule has 0 aliphatic carbocycles. The van der Waals surface area contributed by atoms with Gasteiger partial charge in [-0.15, -0.1) is 0 Å². The summed E-state index contributed by atoms with van der Waals surface area (Å²) in [6, 6.07) is 5.64. The van der Waals surface area contributed by atoms with Gasteiger partial charge in [0.25, 0.3) is 0 Å². The molecule has 28 heavy (non-hydrogen) atoms. The number of fused-ring (bicyclic) bond motifs is 1. The summed E-state index contributed by atoms with van der Waals surface area (Å²) >= 11 is 1.56. The van der Waals surface area contributed by atoms with Crippen molar-refractivity contribution < 1.29 is 13.9 Å². The van der Waals surface area contributed by atoms with Gasteiger partial charge in [-0.2, -0.15) is 0 Å². The summed E-state index contributed by atoms with van der Waals surface area (Å²) in [7, 11) is 1.61. The molecule has 3 aromatic heterocycles. The topological polar surface area (TPSA) is 99.0 Å². The van der Waals surface area contributed by atoms with Crippen LogP contribution in [0.15, 0.2) is 40.3 Å². The number of hydrogen-bond acceptors (Lipinski definition) is 8. The predicted molar refractivity (Wildman–Crippen MR) is 106 cm³/mol. The zero-order valence-corrected chi connectivity index (χ0v) is 16.5. The van der Waals surface area contributed by atoms with Gasteiger partial charge in [0.15, 0.2) is 17.1 Å². The Morgan fingerprint density at radius 1 is 1.18 bits per heavy atom. The Bertz CT molecular complexity index is 1110. The van der Waals surface area contributed by atoms with E-state index in [2.05, 4.69) is 24.9 Å².